The highest BCUT2D eigenvalue weighted by atomic mass is 16.1. The SMILES string of the molecule is CC[NH+](Cc1cc(=O)n2c(C)cccc2n1)Cc1nc2ccccc2c(=O)[nH]1. The van der Waals surface area contributed by atoms with Gasteiger partial charge in [-0.25, -0.2) is 9.97 Å². The van der Waals surface area contributed by atoms with E-state index in [1.807, 2.05) is 43.3 Å². The van der Waals surface area contributed by atoms with Crippen molar-refractivity contribution in [2.75, 3.05) is 6.54 Å². The summed E-state index contributed by atoms with van der Waals surface area (Å²) in [6.45, 7) is 5.89. The number of hydrogen-bond acceptors (Lipinski definition) is 4. The smallest absolute Gasteiger partial charge is 0.258 e. The van der Waals surface area contributed by atoms with Gasteiger partial charge in [-0.3, -0.25) is 14.0 Å². The van der Waals surface area contributed by atoms with Gasteiger partial charge in [-0.2, -0.15) is 0 Å². The van der Waals surface area contributed by atoms with Crippen LogP contribution < -0.4 is 16.0 Å². The Balaban J connectivity index is 1.63. The van der Waals surface area contributed by atoms with E-state index in [9.17, 15) is 9.59 Å². The van der Waals surface area contributed by atoms with Crippen molar-refractivity contribution in [3.05, 3.63) is 86.5 Å². The lowest BCUT2D eigenvalue weighted by Crippen LogP contribution is -3.09. The van der Waals surface area contributed by atoms with Crippen LogP contribution >= 0.6 is 0 Å². The first-order valence-corrected chi connectivity index (χ1v) is 9.35. The van der Waals surface area contributed by atoms with E-state index < -0.39 is 0 Å². The fourth-order valence-corrected chi connectivity index (χ4v) is 3.48. The van der Waals surface area contributed by atoms with Gasteiger partial charge in [0.25, 0.3) is 11.1 Å². The van der Waals surface area contributed by atoms with Crippen LogP contribution in [-0.4, -0.2) is 25.9 Å². The van der Waals surface area contributed by atoms with E-state index in [4.69, 9.17) is 0 Å². The number of aryl methyl sites for hydroxylation is 1. The summed E-state index contributed by atoms with van der Waals surface area (Å²) in [5, 5.41) is 0.587. The van der Waals surface area contributed by atoms with Gasteiger partial charge >= 0.3 is 0 Å². The third-order valence-electron chi connectivity index (χ3n) is 4.94. The Kier molecular flexibility index (Phi) is 4.75. The first-order chi connectivity index (χ1) is 13.5. The van der Waals surface area contributed by atoms with Gasteiger partial charge in [-0.1, -0.05) is 18.2 Å². The Morgan fingerprint density at radius 3 is 2.68 bits per heavy atom. The lowest BCUT2D eigenvalue weighted by molar-refractivity contribution is -0.926. The monoisotopic (exact) mass is 376 g/mol. The summed E-state index contributed by atoms with van der Waals surface area (Å²) < 4.78 is 1.61. The third-order valence-corrected chi connectivity index (χ3v) is 4.94. The number of quaternary nitrogens is 1. The lowest BCUT2D eigenvalue weighted by Gasteiger charge is -2.17. The number of rotatable bonds is 5. The van der Waals surface area contributed by atoms with Crippen LogP contribution in [0.5, 0.6) is 0 Å². The number of aromatic amines is 1. The predicted molar refractivity (Wildman–Crippen MR) is 107 cm³/mol. The van der Waals surface area contributed by atoms with Crippen molar-refractivity contribution in [2.24, 2.45) is 0 Å². The van der Waals surface area contributed by atoms with E-state index in [-0.39, 0.29) is 11.1 Å². The second kappa shape index (κ2) is 7.36. The van der Waals surface area contributed by atoms with Gasteiger partial charge in [0.1, 0.15) is 24.4 Å². The number of nitrogens with one attached hydrogen (secondary N) is 2. The molecule has 0 fully saturated rings. The fraction of sp³-hybridized carbons (Fsp3) is 0.238. The molecule has 142 valence electrons. The zero-order chi connectivity index (χ0) is 19.7. The molecule has 1 aromatic carbocycles. The third kappa shape index (κ3) is 3.44. The van der Waals surface area contributed by atoms with Crippen LogP contribution in [0, 0.1) is 6.92 Å². The normalized spacial score (nSPS) is 12.5. The first kappa shape index (κ1) is 18.1. The summed E-state index contributed by atoms with van der Waals surface area (Å²) in [7, 11) is 0. The minimum Gasteiger partial charge on any atom is -0.324 e. The number of H-pyrrole nitrogens is 1. The molecule has 0 aliphatic carbocycles. The van der Waals surface area contributed by atoms with E-state index in [1.54, 1.807) is 16.5 Å². The van der Waals surface area contributed by atoms with E-state index in [0.29, 0.717) is 35.5 Å². The molecule has 28 heavy (non-hydrogen) atoms. The maximum atomic E-state index is 12.5. The molecule has 7 nitrogen and oxygen atoms in total. The molecule has 0 bridgehead atoms. The average Bonchev–Trinajstić information content (AvgIpc) is 2.67. The molecule has 0 aliphatic rings. The van der Waals surface area contributed by atoms with Crippen LogP contribution in [0.25, 0.3) is 16.6 Å². The molecule has 0 saturated carbocycles. The summed E-state index contributed by atoms with van der Waals surface area (Å²) in [6.07, 6.45) is 0. The summed E-state index contributed by atoms with van der Waals surface area (Å²) in [4.78, 5) is 38.0. The van der Waals surface area contributed by atoms with Crippen molar-refractivity contribution in [2.45, 2.75) is 26.9 Å². The zero-order valence-electron chi connectivity index (χ0n) is 15.9. The van der Waals surface area contributed by atoms with E-state index in [2.05, 4.69) is 21.9 Å². The van der Waals surface area contributed by atoms with Crippen molar-refractivity contribution in [1.29, 1.82) is 0 Å². The minimum atomic E-state index is -0.131. The summed E-state index contributed by atoms with van der Waals surface area (Å²) >= 11 is 0. The molecule has 0 aliphatic heterocycles. The Morgan fingerprint density at radius 2 is 1.86 bits per heavy atom. The molecule has 0 saturated heterocycles. The van der Waals surface area contributed by atoms with Gasteiger partial charge in [0.2, 0.25) is 0 Å². The summed E-state index contributed by atoms with van der Waals surface area (Å²) in [5.41, 5.74) is 2.72. The van der Waals surface area contributed by atoms with E-state index >= 15 is 0 Å². The number of benzene rings is 1. The van der Waals surface area contributed by atoms with Crippen LogP contribution in [-0.2, 0) is 13.1 Å². The molecule has 3 heterocycles. The van der Waals surface area contributed by atoms with Gasteiger partial charge in [-0.05, 0) is 38.1 Å². The largest absolute Gasteiger partial charge is 0.324 e. The van der Waals surface area contributed by atoms with Gasteiger partial charge < -0.3 is 9.88 Å². The number of pyridine rings is 1. The highest BCUT2D eigenvalue weighted by Crippen LogP contribution is 2.05. The maximum absolute atomic E-state index is 12.5. The second-order valence-electron chi connectivity index (χ2n) is 6.93. The molecule has 0 radical (unpaired) electrons. The van der Waals surface area contributed by atoms with Crippen molar-refractivity contribution in [3.8, 4) is 0 Å². The highest BCUT2D eigenvalue weighted by molar-refractivity contribution is 5.77. The number of aromatic nitrogens is 4. The molecule has 3 aromatic heterocycles. The Morgan fingerprint density at radius 1 is 1.04 bits per heavy atom. The summed E-state index contributed by atoms with van der Waals surface area (Å²) in [5.74, 6) is 0.633. The first-order valence-electron chi connectivity index (χ1n) is 9.35. The molecule has 4 rings (SSSR count). The van der Waals surface area contributed by atoms with Gasteiger partial charge in [0, 0.05) is 11.8 Å². The Bertz CT molecular complexity index is 1280. The molecule has 1 unspecified atom stereocenters. The van der Waals surface area contributed by atoms with Crippen molar-refractivity contribution in [1.82, 2.24) is 19.4 Å². The standard InChI is InChI=1S/C21H21N5O2/c1-3-25(13-18-23-17-9-5-4-8-16(17)21(28)24-18)12-15-11-20(27)26-14(2)7-6-10-19(26)22-15/h4-11H,3,12-13H2,1-2H3,(H,23,24,28)/p+1. The van der Waals surface area contributed by atoms with E-state index in [0.717, 1.165) is 22.8 Å². The van der Waals surface area contributed by atoms with Crippen LogP contribution in [0.4, 0.5) is 0 Å². The molecule has 0 spiro atoms. The molecule has 4 aromatic rings. The highest BCUT2D eigenvalue weighted by Gasteiger charge is 2.14. The Labute approximate surface area is 161 Å². The quantitative estimate of drug-likeness (QED) is 0.541. The number of para-hydroxylation sites is 1. The van der Waals surface area contributed by atoms with Crippen molar-refractivity contribution < 1.29 is 4.90 Å². The molecular weight excluding hydrogens is 354 g/mol. The van der Waals surface area contributed by atoms with Crippen LogP contribution in [0.1, 0.15) is 24.1 Å². The van der Waals surface area contributed by atoms with Gasteiger partial charge in [0.15, 0.2) is 5.82 Å². The fourth-order valence-electron chi connectivity index (χ4n) is 3.48. The average molecular weight is 376 g/mol. The molecule has 0 amide bonds. The van der Waals surface area contributed by atoms with Crippen molar-refractivity contribution in [3.63, 3.8) is 0 Å². The molecular formula is C21H22N5O2+. The topological polar surface area (TPSA) is 84.6 Å². The Hall–Kier alpha value is -3.32. The second-order valence-corrected chi connectivity index (χ2v) is 6.93. The zero-order valence-corrected chi connectivity index (χ0v) is 15.9. The molecule has 2 N–H and O–H groups in total. The predicted octanol–water partition coefficient (Wildman–Crippen LogP) is 0.844. The number of nitrogens with zero attached hydrogens (tertiary/aromatic N) is 3. The van der Waals surface area contributed by atoms with Crippen LogP contribution in [0.2, 0.25) is 0 Å². The van der Waals surface area contributed by atoms with Gasteiger partial charge in [-0.15, -0.1) is 0 Å². The van der Waals surface area contributed by atoms with Crippen LogP contribution in [0.15, 0.2) is 58.1 Å². The van der Waals surface area contributed by atoms with Crippen molar-refractivity contribution >= 4 is 16.6 Å². The number of fused-ring (bicyclic) bond motifs is 2. The lowest BCUT2D eigenvalue weighted by atomic mass is 10.2. The summed E-state index contributed by atoms with van der Waals surface area (Å²) in [6, 6.07) is 14.5. The number of hydrogen-bond donors (Lipinski definition) is 2. The van der Waals surface area contributed by atoms with E-state index in [1.165, 1.54) is 0 Å². The minimum absolute atomic E-state index is 0.0780. The molecule has 1 atom stereocenters. The van der Waals surface area contributed by atoms with Crippen LogP contribution in [0.3, 0.4) is 0 Å². The maximum Gasteiger partial charge on any atom is 0.258 e. The molecule has 7 heteroatoms. The van der Waals surface area contributed by atoms with Gasteiger partial charge in [0.05, 0.1) is 17.4 Å².